The van der Waals surface area contributed by atoms with Gasteiger partial charge in [-0.05, 0) is 32.6 Å². The van der Waals surface area contributed by atoms with Crippen molar-refractivity contribution in [2.75, 3.05) is 19.7 Å². The molecule has 2 aliphatic rings. The highest BCUT2D eigenvalue weighted by Gasteiger charge is 2.47. The average molecular weight is 294 g/mol. The smallest absolute Gasteiger partial charge is 0.259 e. The molecule has 0 aromatic carbocycles. The van der Waals surface area contributed by atoms with Crippen LogP contribution in [0.15, 0.2) is 4.52 Å². The fourth-order valence-corrected chi connectivity index (χ4v) is 3.42. The van der Waals surface area contributed by atoms with Gasteiger partial charge < -0.3 is 19.3 Å². The quantitative estimate of drug-likeness (QED) is 0.890. The number of hydrogen-bond donors (Lipinski definition) is 1. The molecule has 1 spiro atoms. The second-order valence-electron chi connectivity index (χ2n) is 5.96. The topological polar surface area (TPSA) is 75.8 Å². The van der Waals surface area contributed by atoms with Crippen LogP contribution in [-0.2, 0) is 11.2 Å². The molecule has 6 heteroatoms. The Morgan fingerprint density at radius 1 is 1.57 bits per heavy atom. The lowest BCUT2D eigenvalue weighted by Gasteiger charge is -2.43. The summed E-state index contributed by atoms with van der Waals surface area (Å²) in [5, 5.41) is 14.2. The number of ether oxygens (including phenoxy) is 1. The number of aryl methyl sites for hydroxylation is 2. The lowest BCUT2D eigenvalue weighted by molar-refractivity contribution is -0.124. The van der Waals surface area contributed by atoms with Gasteiger partial charge in [0.05, 0.1) is 18.3 Å². The maximum Gasteiger partial charge on any atom is 0.259 e. The van der Waals surface area contributed by atoms with Crippen molar-refractivity contribution in [3.63, 3.8) is 0 Å². The first-order chi connectivity index (χ1) is 10.1. The Labute approximate surface area is 124 Å². The lowest BCUT2D eigenvalue weighted by atomic mass is 9.86. The van der Waals surface area contributed by atoms with Gasteiger partial charge >= 0.3 is 0 Å². The van der Waals surface area contributed by atoms with Crippen LogP contribution in [0.25, 0.3) is 0 Å². The van der Waals surface area contributed by atoms with Gasteiger partial charge in [-0.3, -0.25) is 4.79 Å². The second-order valence-corrected chi connectivity index (χ2v) is 5.96. The Balaban J connectivity index is 1.83. The lowest BCUT2D eigenvalue weighted by Crippen LogP contribution is -2.58. The van der Waals surface area contributed by atoms with E-state index in [9.17, 15) is 9.90 Å². The molecule has 0 aliphatic carbocycles. The maximum absolute atomic E-state index is 12.8. The zero-order chi connectivity index (χ0) is 15.0. The van der Waals surface area contributed by atoms with Gasteiger partial charge in [-0.2, -0.15) is 0 Å². The third-order valence-corrected chi connectivity index (χ3v) is 4.64. The summed E-state index contributed by atoms with van der Waals surface area (Å²) in [7, 11) is 0. The highest BCUT2D eigenvalue weighted by Crippen LogP contribution is 2.35. The molecule has 0 unspecified atom stereocenters. The predicted molar refractivity (Wildman–Crippen MR) is 75.1 cm³/mol. The highest BCUT2D eigenvalue weighted by molar-refractivity contribution is 5.96. The molecule has 2 atom stereocenters. The third-order valence-electron chi connectivity index (χ3n) is 4.64. The Bertz CT molecular complexity index is 534. The zero-order valence-electron chi connectivity index (χ0n) is 12.6. The number of likely N-dealkylation sites (tertiary alicyclic amines) is 1. The molecule has 2 fully saturated rings. The molecule has 21 heavy (non-hydrogen) atoms. The van der Waals surface area contributed by atoms with Gasteiger partial charge in [-0.25, -0.2) is 0 Å². The number of rotatable bonds is 2. The monoisotopic (exact) mass is 294 g/mol. The van der Waals surface area contributed by atoms with Crippen LogP contribution in [-0.4, -0.2) is 52.5 Å². The molecule has 2 aliphatic heterocycles. The first-order valence-electron chi connectivity index (χ1n) is 7.64. The van der Waals surface area contributed by atoms with Gasteiger partial charge in [0.1, 0.15) is 16.9 Å². The summed E-state index contributed by atoms with van der Waals surface area (Å²) in [6.45, 7) is 5.36. The van der Waals surface area contributed by atoms with Crippen LogP contribution in [0.1, 0.15) is 48.0 Å². The highest BCUT2D eigenvalue weighted by atomic mass is 16.5. The van der Waals surface area contributed by atoms with Crippen molar-refractivity contribution < 1.29 is 19.2 Å². The standard InChI is InChI=1S/C15H22N2O4/c1-3-11-13(10(2)21-16-11)14(19)17-7-5-12(18)15(9-17)6-4-8-20-15/h12,18H,3-9H2,1-2H3/t12-,15-/m0/s1. The summed E-state index contributed by atoms with van der Waals surface area (Å²) in [4.78, 5) is 14.6. The number of aliphatic hydroxyl groups is 1. The van der Waals surface area contributed by atoms with Gasteiger partial charge in [0, 0.05) is 13.2 Å². The normalized spacial score (nSPS) is 29.3. The number of amides is 1. The van der Waals surface area contributed by atoms with E-state index < -0.39 is 11.7 Å². The van der Waals surface area contributed by atoms with Crippen molar-refractivity contribution >= 4 is 5.91 Å². The molecule has 0 bridgehead atoms. The number of nitrogens with zero attached hydrogens (tertiary/aromatic N) is 2. The van der Waals surface area contributed by atoms with Crippen LogP contribution in [0, 0.1) is 6.92 Å². The number of aliphatic hydroxyl groups excluding tert-OH is 1. The molecular weight excluding hydrogens is 272 g/mol. The van der Waals surface area contributed by atoms with E-state index >= 15 is 0 Å². The van der Waals surface area contributed by atoms with Crippen molar-refractivity contribution in [1.82, 2.24) is 10.1 Å². The first-order valence-corrected chi connectivity index (χ1v) is 7.64. The fraction of sp³-hybridized carbons (Fsp3) is 0.733. The minimum absolute atomic E-state index is 0.0626. The molecule has 3 heterocycles. The van der Waals surface area contributed by atoms with Crippen LogP contribution >= 0.6 is 0 Å². The van der Waals surface area contributed by atoms with E-state index in [0.717, 1.165) is 12.8 Å². The van der Waals surface area contributed by atoms with Gasteiger partial charge in [0.2, 0.25) is 0 Å². The third kappa shape index (κ3) is 2.36. The molecule has 1 N–H and O–H groups in total. The van der Waals surface area contributed by atoms with Crippen molar-refractivity contribution in [2.24, 2.45) is 0 Å². The molecule has 1 amide bonds. The number of carbonyl (C=O) groups is 1. The summed E-state index contributed by atoms with van der Waals surface area (Å²) in [6, 6.07) is 0. The molecule has 1 aromatic heterocycles. The molecule has 116 valence electrons. The number of hydrogen-bond acceptors (Lipinski definition) is 5. The Hall–Kier alpha value is -1.40. The first kappa shape index (κ1) is 14.5. The van der Waals surface area contributed by atoms with Gasteiger partial charge in [0.25, 0.3) is 5.91 Å². The van der Waals surface area contributed by atoms with E-state index in [4.69, 9.17) is 9.26 Å². The van der Waals surface area contributed by atoms with Gasteiger partial charge in [-0.15, -0.1) is 0 Å². The molecular formula is C15H22N2O4. The number of carbonyl (C=O) groups excluding carboxylic acids is 1. The van der Waals surface area contributed by atoms with Crippen LogP contribution in [0.4, 0.5) is 0 Å². The maximum atomic E-state index is 12.8. The minimum Gasteiger partial charge on any atom is -0.390 e. The molecule has 2 saturated heterocycles. The van der Waals surface area contributed by atoms with Gasteiger partial charge in [0.15, 0.2) is 0 Å². The van der Waals surface area contributed by atoms with Crippen LogP contribution in [0.3, 0.4) is 0 Å². The summed E-state index contributed by atoms with van der Waals surface area (Å²) in [5.41, 5.74) is 0.692. The largest absolute Gasteiger partial charge is 0.390 e. The molecule has 0 saturated carbocycles. The van der Waals surface area contributed by atoms with E-state index in [1.54, 1.807) is 11.8 Å². The van der Waals surface area contributed by atoms with Crippen molar-refractivity contribution in [2.45, 2.75) is 51.2 Å². The van der Waals surface area contributed by atoms with Crippen molar-refractivity contribution in [1.29, 1.82) is 0 Å². The molecule has 6 nitrogen and oxygen atoms in total. The molecule has 0 radical (unpaired) electrons. The summed E-state index contributed by atoms with van der Waals surface area (Å²) < 4.78 is 11.0. The summed E-state index contributed by atoms with van der Waals surface area (Å²) in [6.07, 6.45) is 2.47. The second kappa shape index (κ2) is 5.42. The van der Waals surface area contributed by atoms with Gasteiger partial charge in [-0.1, -0.05) is 12.1 Å². The Morgan fingerprint density at radius 2 is 2.38 bits per heavy atom. The van der Waals surface area contributed by atoms with Crippen LogP contribution < -0.4 is 0 Å². The molecule has 1 aromatic rings. The van der Waals surface area contributed by atoms with E-state index in [-0.39, 0.29) is 5.91 Å². The minimum atomic E-state index is -0.578. The average Bonchev–Trinajstić information content (AvgIpc) is 3.09. The Kier molecular flexibility index (Phi) is 3.75. The fourth-order valence-electron chi connectivity index (χ4n) is 3.42. The SMILES string of the molecule is CCc1noc(C)c1C(=O)N1CC[C@H](O)[C@]2(CCCO2)C1. The number of aromatic nitrogens is 1. The zero-order valence-corrected chi connectivity index (χ0v) is 12.6. The van der Waals surface area contributed by atoms with Crippen molar-refractivity contribution in [3.05, 3.63) is 17.0 Å². The van der Waals surface area contributed by atoms with E-state index in [1.165, 1.54) is 0 Å². The Morgan fingerprint density at radius 3 is 3.05 bits per heavy atom. The summed E-state index contributed by atoms with van der Waals surface area (Å²) >= 11 is 0. The van der Waals surface area contributed by atoms with Crippen LogP contribution in [0.2, 0.25) is 0 Å². The molecule has 3 rings (SSSR count). The van der Waals surface area contributed by atoms with E-state index in [0.29, 0.717) is 49.6 Å². The van der Waals surface area contributed by atoms with E-state index in [1.807, 2.05) is 6.92 Å². The number of piperidine rings is 1. The van der Waals surface area contributed by atoms with Crippen LogP contribution in [0.5, 0.6) is 0 Å². The summed E-state index contributed by atoms with van der Waals surface area (Å²) in [5.74, 6) is 0.497. The van der Waals surface area contributed by atoms with Crippen molar-refractivity contribution in [3.8, 4) is 0 Å². The predicted octanol–water partition coefficient (Wildman–Crippen LogP) is 1.30. The van der Waals surface area contributed by atoms with E-state index in [2.05, 4.69) is 5.16 Å².